The monoisotopic (exact) mass is 250 g/mol. The number of benzene rings is 1. The SMILES string of the molecule is O=P(N/N=C/c1ccccc1)(N1CC1)N1CC1. The van der Waals surface area contributed by atoms with E-state index in [1.54, 1.807) is 6.21 Å². The Morgan fingerprint density at radius 1 is 1.12 bits per heavy atom. The summed E-state index contributed by atoms with van der Waals surface area (Å²) in [5, 5.41) is 6.96. The fourth-order valence-electron chi connectivity index (χ4n) is 1.65. The van der Waals surface area contributed by atoms with Crippen LogP contribution in [0.4, 0.5) is 0 Å². The lowest BCUT2D eigenvalue weighted by molar-refractivity contribution is 0.505. The molecule has 5 nitrogen and oxygen atoms in total. The van der Waals surface area contributed by atoms with Gasteiger partial charge in [-0.3, -0.25) is 4.57 Å². The van der Waals surface area contributed by atoms with Crippen molar-refractivity contribution in [1.82, 2.24) is 14.5 Å². The fourth-order valence-corrected chi connectivity index (χ4v) is 3.74. The topological polar surface area (TPSA) is 47.5 Å². The van der Waals surface area contributed by atoms with Crippen molar-refractivity contribution in [2.24, 2.45) is 5.10 Å². The van der Waals surface area contributed by atoms with Gasteiger partial charge in [0, 0.05) is 26.2 Å². The van der Waals surface area contributed by atoms with Crippen LogP contribution in [0, 0.1) is 0 Å². The minimum absolute atomic E-state index is 0.904. The van der Waals surface area contributed by atoms with Gasteiger partial charge in [0.2, 0.25) is 0 Å². The van der Waals surface area contributed by atoms with Gasteiger partial charge in [0.25, 0.3) is 0 Å². The zero-order valence-corrected chi connectivity index (χ0v) is 10.4. The molecule has 17 heavy (non-hydrogen) atoms. The number of hydrogen-bond donors (Lipinski definition) is 1. The molecule has 0 saturated carbocycles. The molecule has 90 valence electrons. The highest BCUT2D eigenvalue weighted by Crippen LogP contribution is 2.56. The second-order valence-electron chi connectivity index (χ2n) is 4.22. The molecule has 0 unspecified atom stereocenters. The van der Waals surface area contributed by atoms with Gasteiger partial charge in [-0.15, -0.1) is 0 Å². The molecule has 0 aliphatic carbocycles. The molecule has 6 heteroatoms. The van der Waals surface area contributed by atoms with E-state index in [1.807, 2.05) is 39.7 Å². The van der Waals surface area contributed by atoms with E-state index in [0.717, 1.165) is 31.7 Å². The van der Waals surface area contributed by atoms with E-state index in [2.05, 4.69) is 10.3 Å². The maximum Gasteiger partial charge on any atom is 0.324 e. The molecule has 0 spiro atoms. The van der Waals surface area contributed by atoms with E-state index >= 15 is 0 Å². The number of rotatable bonds is 5. The Morgan fingerprint density at radius 2 is 1.71 bits per heavy atom. The normalized spacial score (nSPS) is 20.7. The number of hydrogen-bond acceptors (Lipinski definition) is 2. The molecule has 2 fully saturated rings. The molecule has 0 radical (unpaired) electrons. The van der Waals surface area contributed by atoms with Crippen LogP contribution < -0.4 is 5.20 Å². The molecule has 0 aromatic heterocycles. The van der Waals surface area contributed by atoms with Crippen LogP contribution >= 0.6 is 7.59 Å². The van der Waals surface area contributed by atoms with Gasteiger partial charge in [0.1, 0.15) is 0 Å². The first kappa shape index (κ1) is 11.0. The van der Waals surface area contributed by atoms with Crippen LogP contribution in [0.15, 0.2) is 35.4 Å². The van der Waals surface area contributed by atoms with Crippen LogP contribution in [0.5, 0.6) is 0 Å². The Morgan fingerprint density at radius 3 is 2.24 bits per heavy atom. The summed E-state index contributed by atoms with van der Waals surface area (Å²) in [6.45, 7) is 3.62. The first-order valence-electron chi connectivity index (χ1n) is 5.75. The van der Waals surface area contributed by atoms with Gasteiger partial charge < -0.3 is 0 Å². The molecule has 0 atom stereocenters. The number of nitrogens with zero attached hydrogens (tertiary/aromatic N) is 3. The maximum atomic E-state index is 12.6. The van der Waals surface area contributed by atoms with Crippen LogP contribution in [0.25, 0.3) is 0 Å². The van der Waals surface area contributed by atoms with E-state index < -0.39 is 7.59 Å². The van der Waals surface area contributed by atoms with E-state index in [-0.39, 0.29) is 0 Å². The minimum atomic E-state index is -2.56. The van der Waals surface area contributed by atoms with E-state index in [9.17, 15) is 4.57 Å². The van der Waals surface area contributed by atoms with Gasteiger partial charge in [-0.2, -0.15) is 5.10 Å². The van der Waals surface area contributed by atoms with Crippen molar-refractivity contribution in [1.29, 1.82) is 0 Å². The van der Waals surface area contributed by atoms with Gasteiger partial charge >= 0.3 is 7.59 Å². The summed E-state index contributed by atoms with van der Waals surface area (Å²) in [7, 11) is -2.56. The average molecular weight is 250 g/mol. The predicted molar refractivity (Wildman–Crippen MR) is 67.9 cm³/mol. The molecule has 1 aromatic rings. The lowest BCUT2D eigenvalue weighted by Gasteiger charge is -2.18. The van der Waals surface area contributed by atoms with Crippen molar-refractivity contribution < 1.29 is 4.57 Å². The van der Waals surface area contributed by atoms with Gasteiger partial charge in [-0.05, 0) is 5.56 Å². The number of hydrazone groups is 1. The smallest absolute Gasteiger partial charge is 0.262 e. The Hall–Kier alpha value is -1.16. The number of nitrogens with one attached hydrogen (secondary N) is 1. The highest BCUT2D eigenvalue weighted by Gasteiger charge is 2.48. The molecule has 3 rings (SSSR count). The molecule has 0 bridgehead atoms. The second kappa shape index (κ2) is 4.26. The third-order valence-corrected chi connectivity index (χ3v) is 5.52. The van der Waals surface area contributed by atoms with Crippen molar-refractivity contribution >= 4 is 13.8 Å². The van der Waals surface area contributed by atoms with Crippen LogP contribution in [0.2, 0.25) is 0 Å². The molecule has 2 aliphatic rings. The first-order valence-corrected chi connectivity index (χ1v) is 7.36. The van der Waals surface area contributed by atoms with Gasteiger partial charge in [0.15, 0.2) is 0 Å². The minimum Gasteiger partial charge on any atom is -0.262 e. The van der Waals surface area contributed by atoms with Crippen molar-refractivity contribution in [2.45, 2.75) is 0 Å². The fraction of sp³-hybridized carbons (Fsp3) is 0.364. The van der Waals surface area contributed by atoms with E-state index in [4.69, 9.17) is 0 Å². The van der Waals surface area contributed by atoms with Crippen molar-refractivity contribution in [3.63, 3.8) is 0 Å². The largest absolute Gasteiger partial charge is 0.324 e. The predicted octanol–water partition coefficient (Wildman–Crippen LogP) is 1.35. The Balaban J connectivity index is 1.66. The summed E-state index contributed by atoms with van der Waals surface area (Å²) in [6, 6.07) is 9.79. The van der Waals surface area contributed by atoms with Crippen molar-refractivity contribution in [3.8, 4) is 0 Å². The maximum absolute atomic E-state index is 12.6. The van der Waals surface area contributed by atoms with Crippen molar-refractivity contribution in [3.05, 3.63) is 35.9 Å². The first-order chi connectivity index (χ1) is 8.29. The van der Waals surface area contributed by atoms with Crippen LogP contribution in [0.1, 0.15) is 5.56 Å². The highest BCUT2D eigenvalue weighted by atomic mass is 31.2. The summed E-state index contributed by atoms with van der Waals surface area (Å²) >= 11 is 0. The lowest BCUT2D eigenvalue weighted by Crippen LogP contribution is -2.16. The summed E-state index contributed by atoms with van der Waals surface area (Å²) in [4.78, 5) is 0. The van der Waals surface area contributed by atoms with Crippen LogP contribution in [-0.4, -0.2) is 41.7 Å². The standard InChI is InChI=1S/C11H15N4OP/c16-17(14-6-7-14,15-8-9-15)13-12-10-11-4-2-1-3-5-11/h1-5,10H,6-9H2,(H,13,16)/b12-10+. The summed E-state index contributed by atoms with van der Waals surface area (Å²) in [6.07, 6.45) is 1.71. The van der Waals surface area contributed by atoms with Crippen molar-refractivity contribution in [2.75, 3.05) is 26.2 Å². The van der Waals surface area contributed by atoms with Gasteiger partial charge in [-0.1, -0.05) is 30.3 Å². The molecule has 2 saturated heterocycles. The Kier molecular flexibility index (Phi) is 2.74. The van der Waals surface area contributed by atoms with E-state index in [1.165, 1.54) is 0 Å². The average Bonchev–Trinajstić information content (AvgIpc) is 3.20. The lowest BCUT2D eigenvalue weighted by atomic mass is 10.2. The quantitative estimate of drug-likeness (QED) is 0.371. The molecule has 1 aromatic carbocycles. The summed E-state index contributed by atoms with van der Waals surface area (Å²) in [5.41, 5.74) is 1.00. The Labute approximate surface area is 101 Å². The third kappa shape index (κ3) is 2.41. The molecular formula is C11H15N4OP. The zero-order chi connectivity index (χ0) is 11.7. The Bertz CT molecular complexity index is 452. The molecule has 1 N–H and O–H groups in total. The third-order valence-electron chi connectivity index (χ3n) is 2.82. The van der Waals surface area contributed by atoms with Gasteiger partial charge in [-0.25, -0.2) is 14.5 Å². The van der Waals surface area contributed by atoms with E-state index in [0.29, 0.717) is 0 Å². The molecular weight excluding hydrogens is 235 g/mol. The van der Waals surface area contributed by atoms with Gasteiger partial charge in [0.05, 0.1) is 6.21 Å². The molecule has 2 heterocycles. The highest BCUT2D eigenvalue weighted by molar-refractivity contribution is 7.57. The summed E-state index contributed by atoms with van der Waals surface area (Å²) in [5.74, 6) is 0. The van der Waals surface area contributed by atoms with Crippen LogP contribution in [0.3, 0.4) is 0 Å². The zero-order valence-electron chi connectivity index (χ0n) is 9.49. The van der Waals surface area contributed by atoms with Crippen LogP contribution in [-0.2, 0) is 4.57 Å². The molecule has 0 amide bonds. The molecule has 2 aliphatic heterocycles. The summed E-state index contributed by atoms with van der Waals surface area (Å²) < 4.78 is 16.4. The second-order valence-corrected chi connectivity index (χ2v) is 6.64.